The summed E-state index contributed by atoms with van der Waals surface area (Å²) in [6, 6.07) is 15.2. The number of carbonyl (C=O) groups is 1. The van der Waals surface area contributed by atoms with Crippen molar-refractivity contribution in [2.75, 3.05) is 24.2 Å². The number of aromatic nitrogens is 2. The van der Waals surface area contributed by atoms with Crippen molar-refractivity contribution in [1.29, 1.82) is 0 Å². The Hall–Kier alpha value is -3.11. The lowest BCUT2D eigenvalue weighted by atomic mass is 9.97. The molecule has 1 aliphatic rings. The number of anilines is 1. The third kappa shape index (κ3) is 5.75. The highest BCUT2D eigenvalue weighted by Gasteiger charge is 2.30. The van der Waals surface area contributed by atoms with Crippen LogP contribution < -0.4 is 10.2 Å². The Kier molecular flexibility index (Phi) is 7.39. The van der Waals surface area contributed by atoms with Gasteiger partial charge >= 0.3 is 6.18 Å². The van der Waals surface area contributed by atoms with Crippen LogP contribution in [0.1, 0.15) is 24.0 Å². The number of piperidine rings is 1. The standard InChI is InChI=1S/C27H25F3N4OS2/c1-36-21-10-4-17(5-11-21)14-31-25(35)19-3-2-12-34(15-19)24-22-13-23(37-26(22)33-16-32-24)18-6-8-20(9-7-18)27(28,29)30/h4-11,13,16,19H,2-3,12,14-15H2,1H3,(H,31,35)/t19-/m0/s1. The van der Waals surface area contributed by atoms with E-state index in [-0.39, 0.29) is 11.8 Å². The van der Waals surface area contributed by atoms with Crippen molar-refractivity contribution in [2.45, 2.75) is 30.5 Å². The number of hydrogen-bond donors (Lipinski definition) is 1. The molecule has 1 N–H and O–H groups in total. The average Bonchev–Trinajstić information content (AvgIpc) is 3.36. The van der Waals surface area contributed by atoms with Crippen LogP contribution in [0.4, 0.5) is 19.0 Å². The zero-order chi connectivity index (χ0) is 26.0. The molecular weight excluding hydrogens is 517 g/mol. The summed E-state index contributed by atoms with van der Waals surface area (Å²) in [6.07, 6.45) is 0.840. The number of benzene rings is 2. The molecular formula is C27H25F3N4OS2. The molecule has 1 amide bonds. The number of amides is 1. The highest BCUT2D eigenvalue weighted by molar-refractivity contribution is 7.98. The molecule has 1 saturated heterocycles. The van der Waals surface area contributed by atoms with Crippen LogP contribution in [-0.2, 0) is 17.5 Å². The van der Waals surface area contributed by atoms with E-state index in [1.165, 1.54) is 34.7 Å². The molecule has 4 aromatic rings. The summed E-state index contributed by atoms with van der Waals surface area (Å²) in [6.45, 7) is 1.81. The smallest absolute Gasteiger partial charge is 0.355 e. The van der Waals surface area contributed by atoms with Crippen LogP contribution in [0.3, 0.4) is 0 Å². The quantitative estimate of drug-likeness (QED) is 0.277. The van der Waals surface area contributed by atoms with Gasteiger partial charge in [-0.1, -0.05) is 24.3 Å². The lowest BCUT2D eigenvalue weighted by Gasteiger charge is -2.33. The monoisotopic (exact) mass is 542 g/mol. The fourth-order valence-corrected chi connectivity index (χ4v) is 5.93. The van der Waals surface area contributed by atoms with E-state index >= 15 is 0 Å². The maximum atomic E-state index is 13.0. The Morgan fingerprint density at radius 1 is 1.14 bits per heavy atom. The molecule has 3 heterocycles. The maximum absolute atomic E-state index is 13.0. The normalized spacial score (nSPS) is 16.2. The van der Waals surface area contributed by atoms with Crippen LogP contribution in [0.15, 0.2) is 65.8 Å². The van der Waals surface area contributed by atoms with Gasteiger partial charge in [0, 0.05) is 29.4 Å². The third-order valence-electron chi connectivity index (χ3n) is 6.52. The van der Waals surface area contributed by atoms with Crippen molar-refractivity contribution < 1.29 is 18.0 Å². The number of alkyl halides is 3. The number of hydrogen-bond acceptors (Lipinski definition) is 6. The summed E-state index contributed by atoms with van der Waals surface area (Å²) in [5.41, 5.74) is 1.08. The molecule has 37 heavy (non-hydrogen) atoms. The number of halogens is 3. The minimum Gasteiger partial charge on any atom is -0.355 e. The van der Waals surface area contributed by atoms with E-state index in [9.17, 15) is 18.0 Å². The van der Waals surface area contributed by atoms with Crippen LogP contribution in [0.2, 0.25) is 0 Å². The predicted molar refractivity (Wildman–Crippen MR) is 143 cm³/mol. The molecule has 5 nitrogen and oxygen atoms in total. The minimum atomic E-state index is -4.37. The number of carbonyl (C=O) groups excluding carboxylic acids is 1. The Morgan fingerprint density at radius 3 is 2.59 bits per heavy atom. The Balaban J connectivity index is 1.30. The van der Waals surface area contributed by atoms with Crippen LogP contribution in [0, 0.1) is 5.92 Å². The number of thiophene rings is 1. The van der Waals surface area contributed by atoms with Gasteiger partial charge < -0.3 is 10.2 Å². The summed E-state index contributed by atoms with van der Waals surface area (Å²) in [5.74, 6) is 0.626. The van der Waals surface area contributed by atoms with Gasteiger partial charge in [-0.2, -0.15) is 13.2 Å². The fourth-order valence-electron chi connectivity index (χ4n) is 4.52. The number of rotatable bonds is 6. The molecule has 5 rings (SSSR count). The van der Waals surface area contributed by atoms with Crippen LogP contribution in [-0.4, -0.2) is 35.2 Å². The van der Waals surface area contributed by atoms with E-state index in [1.54, 1.807) is 11.8 Å². The van der Waals surface area contributed by atoms with E-state index < -0.39 is 11.7 Å². The van der Waals surface area contributed by atoms with E-state index in [4.69, 9.17) is 0 Å². The van der Waals surface area contributed by atoms with E-state index in [2.05, 4.69) is 32.3 Å². The van der Waals surface area contributed by atoms with Crippen LogP contribution >= 0.6 is 23.1 Å². The summed E-state index contributed by atoms with van der Waals surface area (Å²) in [7, 11) is 0. The first-order valence-corrected chi connectivity index (χ1v) is 13.9. The lowest BCUT2D eigenvalue weighted by molar-refractivity contribution is -0.137. The zero-order valence-electron chi connectivity index (χ0n) is 20.1. The second-order valence-corrected chi connectivity index (χ2v) is 10.9. The topological polar surface area (TPSA) is 58.1 Å². The van der Waals surface area contributed by atoms with Gasteiger partial charge in [-0.3, -0.25) is 4.79 Å². The van der Waals surface area contributed by atoms with Crippen LogP contribution in [0.5, 0.6) is 0 Å². The second kappa shape index (κ2) is 10.7. The number of thioether (sulfide) groups is 1. The van der Waals surface area contributed by atoms with E-state index in [0.717, 1.165) is 58.0 Å². The molecule has 1 atom stereocenters. The van der Waals surface area contributed by atoms with Gasteiger partial charge in [-0.05, 0) is 60.6 Å². The average molecular weight is 543 g/mol. The van der Waals surface area contributed by atoms with Gasteiger partial charge in [0.1, 0.15) is 17.0 Å². The summed E-state index contributed by atoms with van der Waals surface area (Å²) < 4.78 is 38.8. The van der Waals surface area contributed by atoms with Gasteiger partial charge in [-0.25, -0.2) is 9.97 Å². The van der Waals surface area contributed by atoms with E-state index in [0.29, 0.717) is 18.7 Å². The molecule has 2 aromatic carbocycles. The molecule has 0 radical (unpaired) electrons. The number of nitrogens with one attached hydrogen (secondary N) is 1. The number of nitrogens with zero attached hydrogens (tertiary/aromatic N) is 3. The first-order chi connectivity index (χ1) is 17.8. The van der Waals surface area contributed by atoms with Gasteiger partial charge in [0.2, 0.25) is 5.91 Å². The highest BCUT2D eigenvalue weighted by Crippen LogP contribution is 2.38. The van der Waals surface area contributed by atoms with Gasteiger partial charge in [-0.15, -0.1) is 23.1 Å². The first kappa shape index (κ1) is 25.5. The zero-order valence-corrected chi connectivity index (χ0v) is 21.7. The van der Waals surface area contributed by atoms with E-state index in [1.807, 2.05) is 24.5 Å². The Bertz CT molecular complexity index is 1390. The summed E-state index contributed by atoms with van der Waals surface area (Å²) in [4.78, 5) is 26.8. The van der Waals surface area contributed by atoms with Crippen molar-refractivity contribution in [3.63, 3.8) is 0 Å². The Labute approximate surface area is 221 Å². The van der Waals surface area contributed by atoms with Crippen molar-refractivity contribution in [3.8, 4) is 10.4 Å². The molecule has 10 heteroatoms. The molecule has 192 valence electrons. The van der Waals surface area contributed by atoms with Gasteiger partial charge in [0.05, 0.1) is 16.9 Å². The molecule has 0 bridgehead atoms. The largest absolute Gasteiger partial charge is 0.416 e. The molecule has 2 aromatic heterocycles. The molecule has 0 aliphatic carbocycles. The van der Waals surface area contributed by atoms with Gasteiger partial charge in [0.25, 0.3) is 0 Å². The molecule has 1 aliphatic heterocycles. The number of fused-ring (bicyclic) bond motifs is 1. The predicted octanol–water partition coefficient (Wildman–Crippen LogP) is 6.63. The van der Waals surface area contributed by atoms with Crippen molar-refractivity contribution in [1.82, 2.24) is 15.3 Å². The summed E-state index contributed by atoms with van der Waals surface area (Å²) in [5, 5.41) is 3.92. The highest BCUT2D eigenvalue weighted by atomic mass is 32.2. The molecule has 0 spiro atoms. The lowest BCUT2D eigenvalue weighted by Crippen LogP contribution is -2.43. The summed E-state index contributed by atoms with van der Waals surface area (Å²) >= 11 is 3.10. The van der Waals surface area contributed by atoms with Crippen molar-refractivity contribution in [2.24, 2.45) is 5.92 Å². The fraction of sp³-hybridized carbons (Fsp3) is 0.296. The maximum Gasteiger partial charge on any atom is 0.416 e. The molecule has 0 unspecified atom stereocenters. The molecule has 0 saturated carbocycles. The Morgan fingerprint density at radius 2 is 1.89 bits per heavy atom. The van der Waals surface area contributed by atoms with Gasteiger partial charge in [0.15, 0.2) is 0 Å². The first-order valence-electron chi connectivity index (χ1n) is 11.9. The second-order valence-electron chi connectivity index (χ2n) is 8.95. The minimum absolute atomic E-state index is 0.0275. The third-order valence-corrected chi connectivity index (χ3v) is 8.36. The van der Waals surface area contributed by atoms with Crippen molar-refractivity contribution in [3.05, 3.63) is 72.1 Å². The van der Waals surface area contributed by atoms with Crippen molar-refractivity contribution >= 4 is 45.0 Å². The SMILES string of the molecule is CSc1ccc(CNC(=O)[C@H]2CCCN(c3ncnc4sc(-c5ccc(C(F)(F)F)cc5)cc34)C2)cc1. The molecule has 1 fully saturated rings. The van der Waals surface area contributed by atoms with Crippen LogP contribution in [0.25, 0.3) is 20.7 Å².